The summed E-state index contributed by atoms with van der Waals surface area (Å²) >= 11 is 0. The van der Waals surface area contributed by atoms with Gasteiger partial charge in [-0.15, -0.1) is 0 Å². The molecule has 2 heteroatoms. The van der Waals surface area contributed by atoms with Crippen molar-refractivity contribution in [1.82, 2.24) is 9.97 Å². The van der Waals surface area contributed by atoms with Gasteiger partial charge < -0.3 is 0 Å². The second-order valence-corrected chi connectivity index (χ2v) is 11.1. The normalized spacial score (nSPS) is 11.4. The van der Waals surface area contributed by atoms with Gasteiger partial charge in [0.25, 0.3) is 0 Å². The van der Waals surface area contributed by atoms with Crippen LogP contribution in [0.25, 0.3) is 76.8 Å². The molecule has 202 valence electrons. The molecule has 2 heterocycles. The molecule has 0 bridgehead atoms. The predicted octanol–water partition coefficient (Wildman–Crippen LogP) is 10.9. The summed E-state index contributed by atoms with van der Waals surface area (Å²) in [5.74, 6) is 0. The second-order valence-electron chi connectivity index (χ2n) is 11.1. The van der Waals surface area contributed by atoms with Crippen molar-refractivity contribution in [2.24, 2.45) is 0 Å². The van der Waals surface area contributed by atoms with Crippen LogP contribution in [0.1, 0.15) is 5.56 Å². The van der Waals surface area contributed by atoms with Crippen molar-refractivity contribution in [3.8, 4) is 44.5 Å². The number of hydrogen-bond donors (Lipinski definition) is 0. The Labute approximate surface area is 251 Å². The average Bonchev–Trinajstić information content (AvgIpc) is 3.07. The molecule has 43 heavy (non-hydrogen) atoms. The van der Waals surface area contributed by atoms with E-state index in [0.717, 1.165) is 11.1 Å². The van der Waals surface area contributed by atoms with Crippen LogP contribution in [-0.4, -0.2) is 9.97 Å². The fourth-order valence-electron chi connectivity index (χ4n) is 6.57. The lowest BCUT2D eigenvalue weighted by Gasteiger charge is -2.19. The maximum atomic E-state index is 4.40. The second kappa shape index (κ2) is 10.3. The van der Waals surface area contributed by atoms with Crippen LogP contribution in [0.2, 0.25) is 0 Å². The maximum Gasteiger partial charge on any atom is 0.0346 e. The molecule has 8 rings (SSSR count). The summed E-state index contributed by atoms with van der Waals surface area (Å²) in [7, 11) is 0. The lowest BCUT2D eigenvalue weighted by atomic mass is 9.83. The van der Waals surface area contributed by atoms with E-state index < -0.39 is 0 Å². The van der Waals surface area contributed by atoms with E-state index in [2.05, 4.69) is 144 Å². The minimum absolute atomic E-state index is 1.14. The molecule has 8 aromatic rings. The third-order valence-electron chi connectivity index (χ3n) is 8.50. The molecule has 0 aliphatic carbocycles. The number of aromatic nitrogens is 2. The van der Waals surface area contributed by atoms with Gasteiger partial charge in [0.05, 0.1) is 0 Å². The SMILES string of the molecule is Cc1cncc(-c2ccc(-c3c4ccccc4c(-c4ccc(-c5ccncc5)c5ccccc45)c4ccccc34)cc2)c1. The molecule has 0 aliphatic rings. The van der Waals surface area contributed by atoms with Crippen molar-refractivity contribution < 1.29 is 0 Å². The lowest BCUT2D eigenvalue weighted by molar-refractivity contribution is 1.27. The minimum atomic E-state index is 1.14. The summed E-state index contributed by atoms with van der Waals surface area (Å²) in [6, 6.07) is 46.4. The van der Waals surface area contributed by atoms with Gasteiger partial charge in [-0.3, -0.25) is 9.97 Å². The van der Waals surface area contributed by atoms with Crippen LogP contribution in [0.3, 0.4) is 0 Å². The van der Waals surface area contributed by atoms with E-state index in [-0.39, 0.29) is 0 Å². The first-order valence-electron chi connectivity index (χ1n) is 14.6. The molecule has 0 unspecified atom stereocenters. The molecule has 0 amide bonds. The van der Waals surface area contributed by atoms with Gasteiger partial charge in [-0.1, -0.05) is 109 Å². The topological polar surface area (TPSA) is 25.8 Å². The standard InChI is InChI=1S/C41H28N2/c1-27-24-31(26-43-25-27)28-14-16-30(17-15-28)40-35-10-4-6-12-37(35)41(38-13-7-5-11-36(38)40)39-19-18-32(29-20-22-42-23-21-29)33-8-2-3-9-34(33)39/h2-26H,1H3. The third kappa shape index (κ3) is 4.27. The summed E-state index contributed by atoms with van der Waals surface area (Å²) in [5.41, 5.74) is 10.9. The lowest BCUT2D eigenvalue weighted by Crippen LogP contribution is -1.92. The minimum Gasteiger partial charge on any atom is -0.265 e. The van der Waals surface area contributed by atoms with Gasteiger partial charge in [-0.25, -0.2) is 0 Å². The molecule has 0 atom stereocenters. The Hall–Kier alpha value is -5.60. The number of benzene rings is 6. The fraction of sp³-hybridized carbons (Fsp3) is 0.0244. The van der Waals surface area contributed by atoms with Crippen LogP contribution in [0, 0.1) is 6.92 Å². The molecule has 0 N–H and O–H groups in total. The van der Waals surface area contributed by atoms with Gasteiger partial charge in [0, 0.05) is 30.4 Å². The van der Waals surface area contributed by atoms with Crippen LogP contribution in [0.4, 0.5) is 0 Å². The van der Waals surface area contributed by atoms with Gasteiger partial charge >= 0.3 is 0 Å². The van der Waals surface area contributed by atoms with Crippen LogP contribution in [-0.2, 0) is 0 Å². The van der Waals surface area contributed by atoms with Crippen molar-refractivity contribution >= 4 is 32.3 Å². The Morgan fingerprint density at radius 3 is 1.49 bits per heavy atom. The molecule has 0 aliphatic heterocycles. The van der Waals surface area contributed by atoms with E-state index >= 15 is 0 Å². The van der Waals surface area contributed by atoms with Crippen molar-refractivity contribution in [1.29, 1.82) is 0 Å². The number of nitrogens with zero attached hydrogens (tertiary/aromatic N) is 2. The van der Waals surface area contributed by atoms with Crippen molar-refractivity contribution in [2.75, 3.05) is 0 Å². The van der Waals surface area contributed by atoms with Gasteiger partial charge in [-0.2, -0.15) is 0 Å². The predicted molar refractivity (Wildman–Crippen MR) is 181 cm³/mol. The Balaban J connectivity index is 1.39. The highest BCUT2D eigenvalue weighted by Gasteiger charge is 2.19. The first-order chi connectivity index (χ1) is 21.3. The average molecular weight is 549 g/mol. The summed E-state index contributed by atoms with van der Waals surface area (Å²) in [4.78, 5) is 8.64. The first kappa shape index (κ1) is 25.1. The van der Waals surface area contributed by atoms with E-state index in [4.69, 9.17) is 0 Å². The van der Waals surface area contributed by atoms with E-state index in [1.54, 1.807) is 0 Å². The molecular formula is C41H28N2. The smallest absolute Gasteiger partial charge is 0.0346 e. The number of fused-ring (bicyclic) bond motifs is 3. The number of aryl methyl sites for hydroxylation is 1. The van der Waals surface area contributed by atoms with Crippen LogP contribution >= 0.6 is 0 Å². The molecule has 6 aromatic carbocycles. The van der Waals surface area contributed by atoms with Gasteiger partial charge in [0.1, 0.15) is 0 Å². The van der Waals surface area contributed by atoms with Gasteiger partial charge in [0.2, 0.25) is 0 Å². The highest BCUT2D eigenvalue weighted by Crippen LogP contribution is 2.46. The molecule has 0 spiro atoms. The highest BCUT2D eigenvalue weighted by molar-refractivity contribution is 6.24. The zero-order valence-electron chi connectivity index (χ0n) is 23.8. The van der Waals surface area contributed by atoms with E-state index in [1.165, 1.54) is 71.3 Å². The monoisotopic (exact) mass is 548 g/mol. The quantitative estimate of drug-likeness (QED) is 0.204. The van der Waals surface area contributed by atoms with Crippen LogP contribution in [0.5, 0.6) is 0 Å². The van der Waals surface area contributed by atoms with E-state index in [9.17, 15) is 0 Å². The molecule has 2 aromatic heterocycles. The number of rotatable bonds is 4. The largest absolute Gasteiger partial charge is 0.265 e. The molecule has 0 saturated carbocycles. The summed E-state index contributed by atoms with van der Waals surface area (Å²) in [6.07, 6.45) is 7.56. The Morgan fingerprint density at radius 2 is 0.884 bits per heavy atom. The molecule has 2 nitrogen and oxygen atoms in total. The van der Waals surface area contributed by atoms with Crippen molar-refractivity contribution in [3.63, 3.8) is 0 Å². The fourth-order valence-corrected chi connectivity index (χ4v) is 6.57. The first-order valence-corrected chi connectivity index (χ1v) is 14.6. The zero-order chi connectivity index (χ0) is 28.8. The molecular weight excluding hydrogens is 520 g/mol. The zero-order valence-corrected chi connectivity index (χ0v) is 23.8. The number of pyridine rings is 2. The molecule has 0 radical (unpaired) electrons. The van der Waals surface area contributed by atoms with Gasteiger partial charge in [-0.05, 0) is 102 Å². The maximum absolute atomic E-state index is 4.40. The van der Waals surface area contributed by atoms with Crippen molar-refractivity contribution in [3.05, 3.63) is 158 Å². The van der Waals surface area contributed by atoms with E-state index in [1.807, 2.05) is 24.8 Å². The molecule has 0 fully saturated rings. The highest BCUT2D eigenvalue weighted by atomic mass is 14.6. The van der Waals surface area contributed by atoms with Gasteiger partial charge in [0.15, 0.2) is 0 Å². The summed E-state index contributed by atoms with van der Waals surface area (Å²) in [5, 5.41) is 7.50. The van der Waals surface area contributed by atoms with Crippen LogP contribution < -0.4 is 0 Å². The Bertz CT molecular complexity index is 2230. The van der Waals surface area contributed by atoms with E-state index in [0.29, 0.717) is 0 Å². The Morgan fingerprint density at radius 1 is 0.372 bits per heavy atom. The van der Waals surface area contributed by atoms with Crippen LogP contribution in [0.15, 0.2) is 152 Å². The summed E-state index contributed by atoms with van der Waals surface area (Å²) in [6.45, 7) is 2.08. The third-order valence-corrected chi connectivity index (χ3v) is 8.50. The molecule has 0 saturated heterocycles. The summed E-state index contributed by atoms with van der Waals surface area (Å²) < 4.78 is 0. The van der Waals surface area contributed by atoms with Crippen molar-refractivity contribution in [2.45, 2.75) is 6.92 Å². The Kier molecular flexibility index (Phi) is 6.05. The number of hydrogen-bond acceptors (Lipinski definition) is 2.